The monoisotopic (exact) mass is 266 g/mol. The lowest BCUT2D eigenvalue weighted by Crippen LogP contribution is -2.38. The van der Waals surface area contributed by atoms with Crippen LogP contribution in [0.2, 0.25) is 0 Å². The van der Waals surface area contributed by atoms with Gasteiger partial charge in [0.05, 0.1) is 12.1 Å². The Labute approximate surface area is 115 Å². The molecule has 3 N–H and O–H groups in total. The number of aromatic nitrogens is 2. The largest absolute Gasteiger partial charge is 0.394 e. The number of rotatable bonds is 7. The predicted molar refractivity (Wildman–Crippen MR) is 79.7 cm³/mol. The highest BCUT2D eigenvalue weighted by molar-refractivity contribution is 5.58. The van der Waals surface area contributed by atoms with Gasteiger partial charge in [0.2, 0.25) is 0 Å². The van der Waals surface area contributed by atoms with E-state index in [0.717, 1.165) is 42.4 Å². The molecule has 0 aliphatic carbocycles. The molecular weight excluding hydrogens is 240 g/mol. The SMILES string of the molecule is CCCNc1nc(C)nc(NC(C)(CC)CO)c1C. The first-order valence-electron chi connectivity index (χ1n) is 6.94. The Bertz CT molecular complexity index is 416. The molecule has 0 radical (unpaired) electrons. The van der Waals surface area contributed by atoms with E-state index < -0.39 is 0 Å². The van der Waals surface area contributed by atoms with Crippen LogP contribution in [0.1, 0.15) is 45.0 Å². The van der Waals surface area contributed by atoms with Crippen LogP contribution in [-0.4, -0.2) is 33.8 Å². The van der Waals surface area contributed by atoms with Crippen molar-refractivity contribution in [3.05, 3.63) is 11.4 Å². The first-order chi connectivity index (χ1) is 8.95. The standard InChI is InChI=1S/C14H26N4O/c1-6-8-15-12-10(3)13(17-11(4)16-12)18-14(5,7-2)9-19/h19H,6-9H2,1-5H3,(H2,15,16,17,18). The molecule has 1 aromatic heterocycles. The first kappa shape index (κ1) is 15.7. The van der Waals surface area contributed by atoms with Crippen molar-refractivity contribution in [2.24, 2.45) is 0 Å². The summed E-state index contributed by atoms with van der Waals surface area (Å²) < 4.78 is 0. The minimum absolute atomic E-state index is 0.0731. The minimum Gasteiger partial charge on any atom is -0.394 e. The molecule has 0 aliphatic rings. The number of aryl methyl sites for hydroxylation is 1. The van der Waals surface area contributed by atoms with Crippen molar-refractivity contribution in [2.75, 3.05) is 23.8 Å². The van der Waals surface area contributed by atoms with Crippen LogP contribution in [0.5, 0.6) is 0 Å². The Morgan fingerprint density at radius 1 is 1.16 bits per heavy atom. The van der Waals surface area contributed by atoms with Crippen molar-refractivity contribution in [3.63, 3.8) is 0 Å². The maximum Gasteiger partial charge on any atom is 0.135 e. The summed E-state index contributed by atoms with van der Waals surface area (Å²) in [6.45, 7) is 11.0. The maximum atomic E-state index is 9.50. The predicted octanol–water partition coefficient (Wildman–Crippen LogP) is 2.49. The summed E-state index contributed by atoms with van der Waals surface area (Å²) in [6, 6.07) is 0. The van der Waals surface area contributed by atoms with Gasteiger partial charge in [-0.05, 0) is 33.6 Å². The summed E-state index contributed by atoms with van der Waals surface area (Å²) >= 11 is 0. The summed E-state index contributed by atoms with van der Waals surface area (Å²) in [5.74, 6) is 2.39. The number of aliphatic hydroxyl groups excluding tert-OH is 1. The molecule has 1 heterocycles. The van der Waals surface area contributed by atoms with Gasteiger partial charge in [0.25, 0.3) is 0 Å². The molecule has 1 atom stereocenters. The topological polar surface area (TPSA) is 70.1 Å². The van der Waals surface area contributed by atoms with E-state index in [-0.39, 0.29) is 12.1 Å². The Hall–Kier alpha value is -1.36. The van der Waals surface area contributed by atoms with Crippen LogP contribution in [0.3, 0.4) is 0 Å². The number of hydrogen-bond acceptors (Lipinski definition) is 5. The van der Waals surface area contributed by atoms with Crippen LogP contribution in [-0.2, 0) is 0 Å². The van der Waals surface area contributed by atoms with E-state index in [2.05, 4.69) is 27.5 Å². The fourth-order valence-corrected chi connectivity index (χ4v) is 1.69. The van der Waals surface area contributed by atoms with Crippen molar-refractivity contribution in [2.45, 2.75) is 53.0 Å². The third kappa shape index (κ3) is 4.06. The molecule has 0 aliphatic heterocycles. The zero-order valence-corrected chi connectivity index (χ0v) is 12.7. The fraction of sp³-hybridized carbons (Fsp3) is 0.714. The number of anilines is 2. The van der Waals surface area contributed by atoms with Crippen LogP contribution < -0.4 is 10.6 Å². The molecule has 0 aromatic carbocycles. The summed E-state index contributed by atoms with van der Waals surface area (Å²) in [7, 11) is 0. The van der Waals surface area contributed by atoms with E-state index in [1.165, 1.54) is 0 Å². The molecule has 0 saturated carbocycles. The van der Waals surface area contributed by atoms with Gasteiger partial charge >= 0.3 is 0 Å². The first-order valence-corrected chi connectivity index (χ1v) is 6.94. The van der Waals surface area contributed by atoms with Crippen molar-refractivity contribution in [1.82, 2.24) is 9.97 Å². The lowest BCUT2D eigenvalue weighted by atomic mass is 10.00. The highest BCUT2D eigenvalue weighted by Crippen LogP contribution is 2.24. The minimum atomic E-state index is -0.354. The molecule has 1 aromatic rings. The number of nitrogens with zero attached hydrogens (tertiary/aromatic N) is 2. The lowest BCUT2D eigenvalue weighted by molar-refractivity contribution is 0.218. The van der Waals surface area contributed by atoms with Gasteiger partial charge in [-0.1, -0.05) is 13.8 Å². The van der Waals surface area contributed by atoms with Crippen LogP contribution in [0, 0.1) is 13.8 Å². The molecule has 0 bridgehead atoms. The highest BCUT2D eigenvalue weighted by atomic mass is 16.3. The Balaban J connectivity index is 3.03. The lowest BCUT2D eigenvalue weighted by Gasteiger charge is -2.29. The Morgan fingerprint density at radius 3 is 2.32 bits per heavy atom. The van der Waals surface area contributed by atoms with E-state index in [1.54, 1.807) is 0 Å². The van der Waals surface area contributed by atoms with E-state index in [1.807, 2.05) is 27.7 Å². The summed E-state index contributed by atoms with van der Waals surface area (Å²) in [4.78, 5) is 8.88. The van der Waals surface area contributed by atoms with Crippen molar-refractivity contribution < 1.29 is 5.11 Å². The van der Waals surface area contributed by atoms with E-state index in [0.29, 0.717) is 0 Å². The molecule has 0 amide bonds. The van der Waals surface area contributed by atoms with Crippen molar-refractivity contribution in [3.8, 4) is 0 Å². The van der Waals surface area contributed by atoms with Gasteiger partial charge in [-0.15, -0.1) is 0 Å². The number of nitrogens with one attached hydrogen (secondary N) is 2. The van der Waals surface area contributed by atoms with Gasteiger partial charge in [-0.3, -0.25) is 0 Å². The highest BCUT2D eigenvalue weighted by Gasteiger charge is 2.23. The van der Waals surface area contributed by atoms with Crippen molar-refractivity contribution >= 4 is 11.6 Å². The van der Waals surface area contributed by atoms with Gasteiger partial charge < -0.3 is 15.7 Å². The van der Waals surface area contributed by atoms with E-state index in [4.69, 9.17) is 0 Å². The molecule has 19 heavy (non-hydrogen) atoms. The zero-order chi connectivity index (χ0) is 14.5. The third-order valence-corrected chi connectivity index (χ3v) is 3.35. The van der Waals surface area contributed by atoms with E-state index in [9.17, 15) is 5.11 Å². The maximum absolute atomic E-state index is 9.50. The van der Waals surface area contributed by atoms with Crippen LogP contribution in [0.4, 0.5) is 11.6 Å². The van der Waals surface area contributed by atoms with Crippen LogP contribution in [0.15, 0.2) is 0 Å². The summed E-state index contributed by atoms with van der Waals surface area (Å²) in [5.41, 5.74) is 0.639. The molecule has 1 unspecified atom stereocenters. The third-order valence-electron chi connectivity index (χ3n) is 3.35. The van der Waals surface area contributed by atoms with Gasteiger partial charge in [-0.2, -0.15) is 0 Å². The second-order valence-electron chi connectivity index (χ2n) is 5.22. The fourth-order valence-electron chi connectivity index (χ4n) is 1.69. The van der Waals surface area contributed by atoms with E-state index >= 15 is 0 Å². The molecular formula is C14H26N4O. The zero-order valence-electron chi connectivity index (χ0n) is 12.7. The normalized spacial score (nSPS) is 14.0. The molecule has 0 spiro atoms. The summed E-state index contributed by atoms with van der Waals surface area (Å²) in [5, 5.41) is 16.1. The van der Waals surface area contributed by atoms with Gasteiger partial charge in [0.1, 0.15) is 17.5 Å². The number of hydrogen-bond donors (Lipinski definition) is 3. The quantitative estimate of drug-likeness (QED) is 0.707. The smallest absolute Gasteiger partial charge is 0.135 e. The van der Waals surface area contributed by atoms with Crippen LogP contribution >= 0.6 is 0 Å². The van der Waals surface area contributed by atoms with Gasteiger partial charge in [0, 0.05) is 12.1 Å². The van der Waals surface area contributed by atoms with Gasteiger partial charge in [0.15, 0.2) is 0 Å². The number of aliphatic hydroxyl groups is 1. The summed E-state index contributed by atoms with van der Waals surface area (Å²) in [6.07, 6.45) is 1.87. The molecule has 5 nitrogen and oxygen atoms in total. The van der Waals surface area contributed by atoms with Gasteiger partial charge in [-0.25, -0.2) is 9.97 Å². The molecule has 1 rings (SSSR count). The average molecular weight is 266 g/mol. The Kier molecular flexibility index (Phi) is 5.54. The molecule has 5 heteroatoms. The second-order valence-corrected chi connectivity index (χ2v) is 5.22. The molecule has 0 fully saturated rings. The van der Waals surface area contributed by atoms with Crippen molar-refractivity contribution in [1.29, 1.82) is 0 Å². The molecule has 0 saturated heterocycles. The second kappa shape index (κ2) is 6.70. The average Bonchev–Trinajstić information content (AvgIpc) is 2.40. The Morgan fingerprint density at radius 2 is 1.79 bits per heavy atom. The van der Waals surface area contributed by atoms with Crippen LogP contribution in [0.25, 0.3) is 0 Å². The molecule has 108 valence electrons.